The van der Waals surface area contributed by atoms with Crippen molar-refractivity contribution >= 4 is 15.9 Å². The maximum absolute atomic E-state index is 12.1. The predicted octanol–water partition coefficient (Wildman–Crippen LogP) is 0.866. The van der Waals surface area contributed by atoms with Crippen LogP contribution in [0.5, 0.6) is 0 Å². The van der Waals surface area contributed by atoms with Crippen LogP contribution in [0.2, 0.25) is 0 Å². The van der Waals surface area contributed by atoms with Gasteiger partial charge in [-0.2, -0.15) is 0 Å². The Bertz CT molecular complexity index is 549. The molecule has 2 atom stereocenters. The molecule has 7 nitrogen and oxygen atoms in total. The predicted molar refractivity (Wildman–Crippen MR) is 91.7 cm³/mol. The molecule has 2 fully saturated rings. The fourth-order valence-electron chi connectivity index (χ4n) is 3.60. The van der Waals surface area contributed by atoms with Gasteiger partial charge in [0.25, 0.3) is 0 Å². The van der Waals surface area contributed by atoms with Crippen LogP contribution in [-0.2, 0) is 14.6 Å². The van der Waals surface area contributed by atoms with E-state index in [1.807, 2.05) is 27.7 Å². The number of hydrogen-bond acceptors (Lipinski definition) is 6. The van der Waals surface area contributed by atoms with E-state index in [4.69, 9.17) is 4.74 Å². The average Bonchev–Trinajstić information content (AvgIpc) is 2.72. The molecule has 8 heteroatoms. The van der Waals surface area contributed by atoms with Gasteiger partial charge in [-0.05, 0) is 40.2 Å². The minimum Gasteiger partial charge on any atom is -0.444 e. The van der Waals surface area contributed by atoms with Gasteiger partial charge < -0.3 is 14.7 Å². The lowest BCUT2D eigenvalue weighted by atomic mass is 10.0. The zero-order chi connectivity index (χ0) is 18.1. The Morgan fingerprint density at radius 2 is 1.83 bits per heavy atom. The molecule has 0 bridgehead atoms. The summed E-state index contributed by atoms with van der Waals surface area (Å²) in [5.74, 6) is -0.126. The van der Waals surface area contributed by atoms with Gasteiger partial charge in [0, 0.05) is 19.1 Å². The monoisotopic (exact) mass is 362 g/mol. The summed E-state index contributed by atoms with van der Waals surface area (Å²) < 4.78 is 28.9. The number of hydrogen-bond donors (Lipinski definition) is 1. The van der Waals surface area contributed by atoms with Crippen molar-refractivity contribution in [2.75, 3.05) is 31.1 Å². The number of likely N-dealkylation sites (tertiary alicyclic amines) is 1. The first kappa shape index (κ1) is 19.5. The highest BCUT2D eigenvalue weighted by Gasteiger charge is 2.42. The van der Waals surface area contributed by atoms with Crippen LogP contribution in [0.3, 0.4) is 0 Å². The van der Waals surface area contributed by atoms with E-state index in [9.17, 15) is 18.3 Å². The Hall–Kier alpha value is -0.860. The fraction of sp³-hybridized carbons (Fsp3) is 0.938. The maximum atomic E-state index is 12.1. The third-order valence-electron chi connectivity index (χ3n) is 4.67. The molecular weight excluding hydrogens is 332 g/mol. The Morgan fingerprint density at radius 1 is 1.25 bits per heavy atom. The molecular formula is C16H30N2O5S. The molecule has 0 aromatic rings. The molecule has 2 aliphatic rings. The number of likely N-dealkylation sites (N-methyl/N-ethyl adjacent to an activating group) is 1. The van der Waals surface area contributed by atoms with Crippen LogP contribution in [0.4, 0.5) is 4.79 Å². The summed E-state index contributed by atoms with van der Waals surface area (Å²) in [6.07, 6.45) is 0.401. The number of aliphatic hydroxyl groups is 1. The van der Waals surface area contributed by atoms with Crippen LogP contribution in [0.25, 0.3) is 0 Å². The topological polar surface area (TPSA) is 87.2 Å². The van der Waals surface area contributed by atoms with E-state index in [1.54, 1.807) is 4.90 Å². The van der Waals surface area contributed by atoms with E-state index in [2.05, 4.69) is 4.90 Å². The van der Waals surface area contributed by atoms with Crippen LogP contribution < -0.4 is 0 Å². The van der Waals surface area contributed by atoms with E-state index in [0.29, 0.717) is 19.6 Å². The highest BCUT2D eigenvalue weighted by Crippen LogP contribution is 2.26. The summed E-state index contributed by atoms with van der Waals surface area (Å²) in [7, 11) is -3.16. The minimum absolute atomic E-state index is 0.0221. The van der Waals surface area contributed by atoms with Gasteiger partial charge in [-0.25, -0.2) is 13.2 Å². The summed E-state index contributed by atoms with van der Waals surface area (Å²) in [5.41, 5.74) is -0.508. The Balaban J connectivity index is 1.94. The van der Waals surface area contributed by atoms with Crippen molar-refractivity contribution in [1.29, 1.82) is 0 Å². The average molecular weight is 362 g/mol. The second kappa shape index (κ2) is 7.17. The van der Waals surface area contributed by atoms with Crippen LogP contribution >= 0.6 is 0 Å². The van der Waals surface area contributed by atoms with E-state index in [1.165, 1.54) is 0 Å². The molecule has 0 saturated carbocycles. The number of nitrogens with zero attached hydrogens (tertiary/aromatic N) is 2. The van der Waals surface area contributed by atoms with Gasteiger partial charge in [-0.1, -0.05) is 6.92 Å². The van der Waals surface area contributed by atoms with Gasteiger partial charge in [0.05, 0.1) is 23.7 Å². The second-order valence-corrected chi connectivity index (χ2v) is 9.89. The summed E-state index contributed by atoms with van der Waals surface area (Å²) in [5, 5.41) is 10.1. The van der Waals surface area contributed by atoms with E-state index < -0.39 is 21.5 Å². The van der Waals surface area contributed by atoms with Crippen LogP contribution in [0, 0.1) is 0 Å². The van der Waals surface area contributed by atoms with Crippen molar-refractivity contribution in [2.24, 2.45) is 0 Å². The zero-order valence-electron chi connectivity index (χ0n) is 15.1. The number of rotatable bonds is 3. The molecule has 140 valence electrons. The van der Waals surface area contributed by atoms with Gasteiger partial charge in [-0.3, -0.25) is 4.90 Å². The Morgan fingerprint density at radius 3 is 2.25 bits per heavy atom. The summed E-state index contributed by atoms with van der Waals surface area (Å²) in [4.78, 5) is 15.9. The van der Waals surface area contributed by atoms with Gasteiger partial charge in [-0.15, -0.1) is 0 Å². The molecule has 24 heavy (non-hydrogen) atoms. The highest BCUT2D eigenvalue weighted by molar-refractivity contribution is 7.91. The maximum Gasteiger partial charge on any atom is 0.410 e. The SMILES string of the molecule is CCN(C1CCN(C(=O)OC(C)(C)C)CC1)[C@@H]1CS(=O)(=O)C[C@H]1O. The molecule has 2 aliphatic heterocycles. The number of ether oxygens (including phenoxy) is 1. The number of piperidine rings is 1. The number of aliphatic hydroxyl groups excluding tert-OH is 1. The van der Waals surface area contributed by atoms with Crippen LogP contribution in [0.1, 0.15) is 40.5 Å². The molecule has 2 heterocycles. The first-order chi connectivity index (χ1) is 11.0. The molecule has 0 aromatic carbocycles. The Labute approximate surface area is 144 Å². The van der Waals surface area contributed by atoms with E-state index in [-0.39, 0.29) is 29.7 Å². The summed E-state index contributed by atoms with van der Waals surface area (Å²) >= 11 is 0. The van der Waals surface area contributed by atoms with Gasteiger partial charge in [0.15, 0.2) is 9.84 Å². The number of sulfone groups is 1. The number of carbonyl (C=O) groups is 1. The van der Waals surface area contributed by atoms with Crippen LogP contribution in [-0.4, -0.2) is 84.3 Å². The lowest BCUT2D eigenvalue weighted by Crippen LogP contribution is -2.53. The third-order valence-corrected chi connectivity index (χ3v) is 6.37. The number of carbonyl (C=O) groups excluding carboxylic acids is 1. The lowest BCUT2D eigenvalue weighted by molar-refractivity contribution is 0.00383. The van der Waals surface area contributed by atoms with E-state index >= 15 is 0 Å². The highest BCUT2D eigenvalue weighted by atomic mass is 32.2. The zero-order valence-corrected chi connectivity index (χ0v) is 15.9. The first-order valence-electron chi connectivity index (χ1n) is 8.64. The van der Waals surface area contributed by atoms with Crippen LogP contribution in [0.15, 0.2) is 0 Å². The smallest absolute Gasteiger partial charge is 0.410 e. The van der Waals surface area contributed by atoms with Gasteiger partial charge in [0.2, 0.25) is 0 Å². The van der Waals surface area contributed by atoms with Crippen molar-refractivity contribution in [3.63, 3.8) is 0 Å². The largest absolute Gasteiger partial charge is 0.444 e. The Kier molecular flexibility index (Phi) is 5.82. The van der Waals surface area contributed by atoms with Gasteiger partial charge >= 0.3 is 6.09 Å². The lowest BCUT2D eigenvalue weighted by Gasteiger charge is -2.41. The van der Waals surface area contributed by atoms with Crippen molar-refractivity contribution in [2.45, 2.75) is 64.3 Å². The summed E-state index contributed by atoms with van der Waals surface area (Å²) in [6.45, 7) is 9.39. The molecule has 2 saturated heterocycles. The molecule has 2 rings (SSSR count). The fourth-order valence-corrected chi connectivity index (χ4v) is 5.41. The standard InChI is InChI=1S/C16H30N2O5S/c1-5-18(13-10-24(21,22)11-14(13)19)12-6-8-17(9-7-12)15(20)23-16(2,3)4/h12-14,19H,5-11H2,1-4H3/t13-,14-/m1/s1. The molecule has 0 aromatic heterocycles. The van der Waals surface area contributed by atoms with Crippen molar-refractivity contribution in [1.82, 2.24) is 9.80 Å². The molecule has 1 amide bonds. The molecule has 1 N–H and O–H groups in total. The second-order valence-electron chi connectivity index (χ2n) is 7.74. The molecule has 0 aliphatic carbocycles. The normalized spacial score (nSPS) is 28.3. The minimum atomic E-state index is -3.16. The molecule has 0 radical (unpaired) electrons. The van der Waals surface area contributed by atoms with E-state index in [0.717, 1.165) is 12.8 Å². The first-order valence-corrected chi connectivity index (χ1v) is 10.5. The number of amides is 1. The quantitative estimate of drug-likeness (QED) is 0.801. The summed E-state index contributed by atoms with van der Waals surface area (Å²) in [6, 6.07) is -0.153. The van der Waals surface area contributed by atoms with Crippen molar-refractivity contribution in [3.8, 4) is 0 Å². The van der Waals surface area contributed by atoms with Gasteiger partial charge in [0.1, 0.15) is 5.60 Å². The third kappa shape index (κ3) is 4.83. The van der Waals surface area contributed by atoms with Crippen molar-refractivity contribution in [3.05, 3.63) is 0 Å². The molecule has 0 spiro atoms. The van der Waals surface area contributed by atoms with Crippen molar-refractivity contribution < 1.29 is 23.1 Å². The molecule has 0 unspecified atom stereocenters.